The van der Waals surface area contributed by atoms with E-state index in [9.17, 15) is 4.39 Å². The van der Waals surface area contributed by atoms with Gasteiger partial charge in [-0.05, 0) is 29.8 Å². The van der Waals surface area contributed by atoms with E-state index in [4.69, 9.17) is 11.6 Å². The van der Waals surface area contributed by atoms with Crippen LogP contribution in [0.15, 0.2) is 48.8 Å². The van der Waals surface area contributed by atoms with Gasteiger partial charge in [-0.25, -0.2) is 14.4 Å². The molecular weight excluding hydrogens is 277 g/mol. The lowest BCUT2D eigenvalue weighted by atomic mass is 10.2. The highest BCUT2D eigenvalue weighted by molar-refractivity contribution is 6.30. The van der Waals surface area contributed by atoms with Gasteiger partial charge in [-0.1, -0.05) is 29.8 Å². The minimum atomic E-state index is -0.351. The fraction of sp³-hybridized carbons (Fsp3) is 0.0667. The van der Waals surface area contributed by atoms with Crippen LogP contribution in [0.25, 0.3) is 10.9 Å². The van der Waals surface area contributed by atoms with Gasteiger partial charge in [-0.3, -0.25) is 0 Å². The van der Waals surface area contributed by atoms with Gasteiger partial charge in [0.1, 0.15) is 23.5 Å². The van der Waals surface area contributed by atoms with E-state index >= 15 is 0 Å². The molecule has 0 atom stereocenters. The minimum Gasteiger partial charge on any atom is -0.365 e. The first-order valence-corrected chi connectivity index (χ1v) is 6.49. The molecule has 0 aliphatic carbocycles. The molecule has 0 bridgehead atoms. The molecule has 5 heteroatoms. The highest BCUT2D eigenvalue weighted by Gasteiger charge is 2.06. The number of nitrogens with one attached hydrogen (secondary N) is 1. The molecular formula is C15H11ClFN3. The lowest BCUT2D eigenvalue weighted by Crippen LogP contribution is -2.03. The van der Waals surface area contributed by atoms with Gasteiger partial charge in [0.15, 0.2) is 0 Å². The number of hydrogen-bond acceptors (Lipinski definition) is 3. The quantitative estimate of drug-likeness (QED) is 0.790. The maximum absolute atomic E-state index is 13.6. The molecule has 1 N–H and O–H groups in total. The summed E-state index contributed by atoms with van der Waals surface area (Å²) in [4.78, 5) is 8.13. The Kier molecular flexibility index (Phi) is 3.48. The number of para-hydroxylation sites is 1. The Bertz CT molecular complexity index is 761. The highest BCUT2D eigenvalue weighted by Crippen LogP contribution is 2.22. The zero-order chi connectivity index (χ0) is 13.9. The van der Waals surface area contributed by atoms with Gasteiger partial charge in [0.2, 0.25) is 0 Å². The highest BCUT2D eigenvalue weighted by atomic mass is 35.5. The van der Waals surface area contributed by atoms with Crippen LogP contribution in [0, 0.1) is 5.82 Å². The first-order chi connectivity index (χ1) is 9.74. The van der Waals surface area contributed by atoms with Crippen molar-refractivity contribution in [3.05, 3.63) is 65.2 Å². The molecule has 0 spiro atoms. The summed E-state index contributed by atoms with van der Waals surface area (Å²) < 4.78 is 13.6. The maximum atomic E-state index is 13.6. The molecule has 0 aliphatic rings. The monoisotopic (exact) mass is 287 g/mol. The van der Waals surface area contributed by atoms with Gasteiger partial charge in [-0.15, -0.1) is 0 Å². The molecule has 0 unspecified atom stereocenters. The summed E-state index contributed by atoms with van der Waals surface area (Å²) in [6.07, 6.45) is 1.35. The maximum Gasteiger partial charge on any atom is 0.149 e. The third kappa shape index (κ3) is 2.56. The number of fused-ring (bicyclic) bond motifs is 1. The lowest BCUT2D eigenvalue weighted by molar-refractivity contribution is 0.636. The van der Waals surface area contributed by atoms with Gasteiger partial charge < -0.3 is 5.32 Å². The van der Waals surface area contributed by atoms with E-state index in [2.05, 4.69) is 15.3 Å². The van der Waals surface area contributed by atoms with Gasteiger partial charge in [0.25, 0.3) is 0 Å². The van der Waals surface area contributed by atoms with Crippen LogP contribution in [0.1, 0.15) is 5.56 Å². The van der Waals surface area contributed by atoms with Crippen molar-refractivity contribution in [3.63, 3.8) is 0 Å². The van der Waals surface area contributed by atoms with E-state index in [-0.39, 0.29) is 5.82 Å². The topological polar surface area (TPSA) is 37.8 Å². The van der Waals surface area contributed by atoms with Crippen molar-refractivity contribution in [2.45, 2.75) is 6.54 Å². The predicted molar refractivity (Wildman–Crippen MR) is 78.3 cm³/mol. The predicted octanol–water partition coefficient (Wildman–Crippen LogP) is 4.03. The van der Waals surface area contributed by atoms with E-state index in [0.29, 0.717) is 28.3 Å². The van der Waals surface area contributed by atoms with Crippen LogP contribution in [0.3, 0.4) is 0 Å². The summed E-state index contributed by atoms with van der Waals surface area (Å²) in [6.45, 7) is 0.559. The molecule has 3 nitrogen and oxygen atoms in total. The second-order valence-electron chi connectivity index (χ2n) is 4.34. The van der Waals surface area contributed by atoms with E-state index in [1.165, 1.54) is 12.4 Å². The van der Waals surface area contributed by atoms with Crippen LogP contribution < -0.4 is 5.32 Å². The minimum absolute atomic E-state index is 0.316. The molecule has 100 valence electrons. The van der Waals surface area contributed by atoms with Crippen LogP contribution in [0.5, 0.6) is 0 Å². The van der Waals surface area contributed by atoms with Gasteiger partial charge >= 0.3 is 0 Å². The Morgan fingerprint density at radius 1 is 1.10 bits per heavy atom. The van der Waals surface area contributed by atoms with Crippen molar-refractivity contribution in [1.29, 1.82) is 0 Å². The number of rotatable bonds is 3. The SMILES string of the molecule is Fc1cccc2c(NCc3cccc(Cl)c3)ncnc12. The summed E-state index contributed by atoms with van der Waals surface area (Å²) in [6, 6.07) is 12.4. The Hall–Kier alpha value is -2.20. The summed E-state index contributed by atoms with van der Waals surface area (Å²) in [5.74, 6) is 0.255. The van der Waals surface area contributed by atoms with Crippen LogP contribution in [-0.4, -0.2) is 9.97 Å². The van der Waals surface area contributed by atoms with Gasteiger partial charge in [0, 0.05) is 17.0 Å². The zero-order valence-electron chi connectivity index (χ0n) is 10.5. The fourth-order valence-electron chi connectivity index (χ4n) is 2.03. The van der Waals surface area contributed by atoms with E-state index < -0.39 is 0 Å². The van der Waals surface area contributed by atoms with Crippen molar-refractivity contribution in [2.75, 3.05) is 5.32 Å². The summed E-state index contributed by atoms with van der Waals surface area (Å²) in [5, 5.41) is 4.53. The smallest absolute Gasteiger partial charge is 0.149 e. The number of benzene rings is 2. The average Bonchev–Trinajstić information content (AvgIpc) is 2.46. The summed E-state index contributed by atoms with van der Waals surface area (Å²) >= 11 is 5.94. The third-order valence-corrected chi connectivity index (χ3v) is 3.20. The third-order valence-electron chi connectivity index (χ3n) is 2.96. The Labute approximate surface area is 120 Å². The molecule has 0 aliphatic heterocycles. The molecule has 0 radical (unpaired) electrons. The van der Waals surface area contributed by atoms with Gasteiger partial charge in [-0.2, -0.15) is 0 Å². The molecule has 1 heterocycles. The Morgan fingerprint density at radius 2 is 1.95 bits per heavy atom. The van der Waals surface area contributed by atoms with Crippen LogP contribution in [0.4, 0.5) is 10.2 Å². The first-order valence-electron chi connectivity index (χ1n) is 6.11. The summed E-state index contributed by atoms with van der Waals surface area (Å²) in [5.41, 5.74) is 1.34. The molecule has 0 saturated carbocycles. The molecule has 20 heavy (non-hydrogen) atoms. The number of anilines is 1. The largest absolute Gasteiger partial charge is 0.365 e. The average molecular weight is 288 g/mol. The zero-order valence-corrected chi connectivity index (χ0v) is 11.2. The number of halogens is 2. The second-order valence-corrected chi connectivity index (χ2v) is 4.78. The Morgan fingerprint density at radius 3 is 2.80 bits per heavy atom. The molecule has 0 amide bonds. The fourth-order valence-corrected chi connectivity index (χ4v) is 2.24. The van der Waals surface area contributed by atoms with E-state index in [1.807, 2.05) is 24.3 Å². The first kappa shape index (κ1) is 12.8. The van der Waals surface area contributed by atoms with Crippen molar-refractivity contribution < 1.29 is 4.39 Å². The lowest BCUT2D eigenvalue weighted by Gasteiger charge is -2.08. The molecule has 1 aromatic heterocycles. The van der Waals surface area contributed by atoms with Crippen LogP contribution >= 0.6 is 11.6 Å². The van der Waals surface area contributed by atoms with Crippen molar-refractivity contribution in [1.82, 2.24) is 9.97 Å². The normalized spacial score (nSPS) is 10.7. The standard InChI is InChI=1S/C15H11ClFN3/c16-11-4-1-3-10(7-11)8-18-15-12-5-2-6-13(17)14(12)19-9-20-15/h1-7,9H,8H2,(H,18,19,20). The number of aromatic nitrogens is 2. The molecule has 2 aromatic carbocycles. The van der Waals surface area contributed by atoms with E-state index in [0.717, 1.165) is 5.56 Å². The van der Waals surface area contributed by atoms with Crippen molar-refractivity contribution in [2.24, 2.45) is 0 Å². The van der Waals surface area contributed by atoms with Gasteiger partial charge in [0.05, 0.1) is 0 Å². The number of nitrogens with zero attached hydrogens (tertiary/aromatic N) is 2. The second kappa shape index (κ2) is 5.43. The Balaban J connectivity index is 1.90. The molecule has 3 aromatic rings. The molecule has 0 saturated heterocycles. The molecule has 3 rings (SSSR count). The van der Waals surface area contributed by atoms with Crippen LogP contribution in [-0.2, 0) is 6.54 Å². The molecule has 0 fully saturated rings. The van der Waals surface area contributed by atoms with Crippen molar-refractivity contribution in [3.8, 4) is 0 Å². The summed E-state index contributed by atoms with van der Waals surface area (Å²) in [7, 11) is 0. The van der Waals surface area contributed by atoms with Crippen molar-refractivity contribution >= 4 is 28.3 Å². The van der Waals surface area contributed by atoms with Crippen LogP contribution in [0.2, 0.25) is 5.02 Å². The van der Waals surface area contributed by atoms with E-state index in [1.54, 1.807) is 12.1 Å². The number of hydrogen-bond donors (Lipinski definition) is 1.